The molecule has 2 unspecified atom stereocenters. The summed E-state index contributed by atoms with van der Waals surface area (Å²) in [5.41, 5.74) is 5.39. The van der Waals surface area contributed by atoms with Crippen molar-refractivity contribution in [3.05, 3.63) is 65.1 Å². The van der Waals surface area contributed by atoms with Gasteiger partial charge in [-0.15, -0.1) is 0 Å². The number of aromatic hydroxyl groups is 2. The van der Waals surface area contributed by atoms with Crippen LogP contribution in [0.15, 0.2) is 34.3 Å². The van der Waals surface area contributed by atoms with Crippen molar-refractivity contribution in [1.82, 2.24) is 0 Å². The second kappa shape index (κ2) is 19.7. The molecule has 7 nitrogen and oxygen atoms in total. The molecule has 0 aromatic heterocycles. The molecule has 0 aliphatic heterocycles. The summed E-state index contributed by atoms with van der Waals surface area (Å²) in [6, 6.07) is 8.65. The van der Waals surface area contributed by atoms with Gasteiger partial charge in [-0.05, 0) is 57.8 Å². The largest absolute Gasteiger partial charge is 0.507 e. The van der Waals surface area contributed by atoms with Crippen LogP contribution in [0.4, 0.5) is 4.79 Å². The number of benzene rings is 2. The molecule has 3 rings (SSSR count). The minimum atomic E-state index is -1.83. The van der Waals surface area contributed by atoms with E-state index >= 15 is 0 Å². The number of nitrogens with zero attached hydrogens (tertiary/aromatic N) is 2. The molecular formula is C45H73CrN2O5-. The van der Waals surface area contributed by atoms with Gasteiger partial charge in [0.1, 0.15) is 11.5 Å². The molecule has 0 radical (unpaired) electrons. The van der Waals surface area contributed by atoms with Gasteiger partial charge in [0.15, 0.2) is 0 Å². The number of hydrogen-bond acceptors (Lipinski definition) is 5. The van der Waals surface area contributed by atoms with Gasteiger partial charge in [0.2, 0.25) is 0 Å². The number of carboxylic acid groups (broad SMARTS) is 2. The Morgan fingerprint density at radius 3 is 1.17 bits per heavy atom. The van der Waals surface area contributed by atoms with Gasteiger partial charge in [-0.3, -0.25) is 9.98 Å². The van der Waals surface area contributed by atoms with Crippen molar-refractivity contribution in [1.29, 1.82) is 0 Å². The molecule has 4 N–H and O–H groups in total. The van der Waals surface area contributed by atoms with Crippen molar-refractivity contribution < 1.29 is 42.6 Å². The maximum absolute atomic E-state index is 11.5. The fraction of sp³-hybridized carbons (Fsp3) is 0.644. The van der Waals surface area contributed by atoms with Gasteiger partial charge < -0.3 is 27.9 Å². The van der Waals surface area contributed by atoms with E-state index in [1.165, 1.54) is 49.7 Å². The van der Waals surface area contributed by atoms with Gasteiger partial charge in [0, 0.05) is 57.5 Å². The topological polar surface area (TPSA) is 123 Å². The third-order valence-electron chi connectivity index (χ3n) is 10.2. The fourth-order valence-electron chi connectivity index (χ4n) is 6.87. The van der Waals surface area contributed by atoms with Crippen LogP contribution in [0.25, 0.3) is 0 Å². The summed E-state index contributed by atoms with van der Waals surface area (Å²) in [4.78, 5) is 19.1. The van der Waals surface area contributed by atoms with E-state index in [1.807, 2.05) is 12.4 Å². The number of phenolic OH excluding ortho intramolecular Hbond substituents is 2. The van der Waals surface area contributed by atoms with Crippen LogP contribution >= 0.6 is 0 Å². The Hall–Kier alpha value is -2.82. The maximum atomic E-state index is 11.5. The third kappa shape index (κ3) is 13.8. The number of aliphatic imine (C=N–C) groups is 2. The standard InChI is InChI=1S/C43H68N2O2.CH2O3.CH3.Cr/c1-15-17-19-21-43(22-20-18-16-2)37(44-27-29-23-31(39(3,4)5)25-33(35(29)46)41(9,10)11)38(43)45-28-30-24-32(40(6,7)8)26-34(36(30)47)42(12,13)14;2-1(3)4;;/h23-28,37-38,46-47H,15-22H2,1-14H3;(H2,2,3,4);1H3;/q;;-1;. The number of rotatable bonds is 12. The van der Waals surface area contributed by atoms with E-state index in [0.29, 0.717) is 11.5 Å². The summed E-state index contributed by atoms with van der Waals surface area (Å²) in [6.07, 6.45) is 11.3. The molecule has 1 aliphatic carbocycles. The van der Waals surface area contributed by atoms with Gasteiger partial charge in [0.05, 0.1) is 12.1 Å². The summed E-state index contributed by atoms with van der Waals surface area (Å²) in [7, 11) is 0. The molecule has 1 aliphatic rings. The average Bonchev–Trinajstić information content (AvgIpc) is 3.57. The van der Waals surface area contributed by atoms with Crippen LogP contribution in [0.3, 0.4) is 0 Å². The van der Waals surface area contributed by atoms with Crippen LogP contribution in [-0.4, -0.2) is 51.1 Å². The first kappa shape index (κ1) is 50.2. The first-order chi connectivity index (χ1) is 23.3. The van der Waals surface area contributed by atoms with Gasteiger partial charge in [-0.2, -0.15) is 0 Å². The molecule has 1 saturated carbocycles. The Kier molecular flexibility index (Phi) is 18.6. The minimum absolute atomic E-state index is 0. The van der Waals surface area contributed by atoms with Crippen molar-refractivity contribution in [3.8, 4) is 11.5 Å². The number of unbranched alkanes of at least 4 members (excludes halogenated alkanes) is 4. The van der Waals surface area contributed by atoms with Crippen LogP contribution in [0.1, 0.15) is 182 Å². The SMILES string of the molecule is CCCCCC1(CCCCC)C(N=Cc2cc(C(C)(C)C)cc(C(C)(C)C)c2O)C1N=Cc1cc(C(C)(C)C)cc(C(C)(C)C)c1O.O=C(O)O.[CH3-].[Cr]. The van der Waals surface area contributed by atoms with Crippen molar-refractivity contribution in [3.63, 3.8) is 0 Å². The number of hydrogen-bond donors (Lipinski definition) is 4. The van der Waals surface area contributed by atoms with Crippen LogP contribution in [0.2, 0.25) is 0 Å². The van der Waals surface area contributed by atoms with Crippen molar-refractivity contribution in [2.24, 2.45) is 15.4 Å². The number of carbonyl (C=O) groups is 1. The fourth-order valence-corrected chi connectivity index (χ4v) is 6.87. The molecule has 2 aromatic carbocycles. The van der Waals surface area contributed by atoms with E-state index in [9.17, 15) is 10.2 Å². The summed E-state index contributed by atoms with van der Waals surface area (Å²) >= 11 is 0. The molecule has 2 atom stereocenters. The summed E-state index contributed by atoms with van der Waals surface area (Å²) in [5.74, 6) is 0.660. The van der Waals surface area contributed by atoms with E-state index in [4.69, 9.17) is 25.0 Å². The van der Waals surface area contributed by atoms with E-state index in [2.05, 4.69) is 121 Å². The van der Waals surface area contributed by atoms with Gasteiger partial charge in [-0.1, -0.05) is 148 Å². The van der Waals surface area contributed by atoms with Crippen LogP contribution in [0, 0.1) is 12.8 Å². The normalized spacial score (nSPS) is 17.2. The summed E-state index contributed by atoms with van der Waals surface area (Å²) < 4.78 is 0. The summed E-state index contributed by atoms with van der Waals surface area (Å²) in [5, 5.41) is 37.0. The maximum Gasteiger partial charge on any atom is 0.503 e. The predicted octanol–water partition coefficient (Wildman–Crippen LogP) is 12.4. The minimum Gasteiger partial charge on any atom is -0.507 e. The zero-order chi connectivity index (χ0) is 39.2. The van der Waals surface area contributed by atoms with Gasteiger partial charge in [0.25, 0.3) is 0 Å². The first-order valence-electron chi connectivity index (χ1n) is 19.1. The molecule has 0 saturated heterocycles. The number of phenols is 2. The molecule has 0 amide bonds. The molecule has 300 valence electrons. The predicted molar refractivity (Wildman–Crippen MR) is 222 cm³/mol. The molecule has 0 bridgehead atoms. The zero-order valence-electron chi connectivity index (χ0n) is 35.8. The van der Waals surface area contributed by atoms with E-state index in [-0.39, 0.29) is 63.9 Å². The van der Waals surface area contributed by atoms with Crippen LogP contribution in [0.5, 0.6) is 11.5 Å². The second-order valence-electron chi connectivity index (χ2n) is 18.8. The van der Waals surface area contributed by atoms with Gasteiger partial charge in [-0.25, -0.2) is 4.79 Å². The smallest absolute Gasteiger partial charge is 0.503 e. The molecule has 1 fully saturated rings. The Morgan fingerprint density at radius 2 is 0.925 bits per heavy atom. The Labute approximate surface area is 334 Å². The van der Waals surface area contributed by atoms with Crippen LogP contribution in [-0.2, 0) is 39.0 Å². The quantitative estimate of drug-likeness (QED) is 0.0971. The van der Waals surface area contributed by atoms with Crippen molar-refractivity contribution in [2.75, 3.05) is 0 Å². The molecule has 2 aromatic rings. The van der Waals surface area contributed by atoms with E-state index in [0.717, 1.165) is 35.1 Å². The second-order valence-corrected chi connectivity index (χ2v) is 18.8. The Morgan fingerprint density at radius 1 is 0.623 bits per heavy atom. The van der Waals surface area contributed by atoms with Crippen molar-refractivity contribution in [2.45, 2.75) is 182 Å². The molecule has 53 heavy (non-hydrogen) atoms. The van der Waals surface area contributed by atoms with Gasteiger partial charge >= 0.3 is 6.16 Å². The van der Waals surface area contributed by atoms with E-state index < -0.39 is 6.16 Å². The molecular weight excluding hydrogens is 701 g/mol. The Bertz CT molecular complexity index is 1420. The van der Waals surface area contributed by atoms with E-state index in [1.54, 1.807) is 0 Å². The monoisotopic (exact) mass is 773 g/mol. The first-order valence-corrected chi connectivity index (χ1v) is 19.1. The van der Waals surface area contributed by atoms with Crippen LogP contribution < -0.4 is 0 Å². The zero-order valence-corrected chi connectivity index (χ0v) is 37.1. The average molecular weight is 774 g/mol. The van der Waals surface area contributed by atoms with Crippen molar-refractivity contribution >= 4 is 18.6 Å². The molecule has 8 heteroatoms. The third-order valence-corrected chi connectivity index (χ3v) is 10.2. The molecule has 0 spiro atoms. The Balaban J connectivity index is 0.00000428. The summed E-state index contributed by atoms with van der Waals surface area (Å²) in [6.45, 7) is 30.8. The molecule has 0 heterocycles.